The van der Waals surface area contributed by atoms with E-state index in [2.05, 4.69) is 5.32 Å². The molecule has 18 heavy (non-hydrogen) atoms. The van der Waals surface area contributed by atoms with Gasteiger partial charge >= 0.3 is 0 Å². The van der Waals surface area contributed by atoms with Gasteiger partial charge in [0.15, 0.2) is 0 Å². The van der Waals surface area contributed by atoms with Crippen LogP contribution < -0.4 is 15.8 Å². The van der Waals surface area contributed by atoms with Crippen LogP contribution in [0.25, 0.3) is 0 Å². The number of ether oxygens (including phenoxy) is 1. The lowest BCUT2D eigenvalue weighted by Crippen LogP contribution is -2.38. The molecule has 1 aromatic rings. The van der Waals surface area contributed by atoms with Crippen LogP contribution in [0.5, 0.6) is 5.75 Å². The van der Waals surface area contributed by atoms with Crippen molar-refractivity contribution in [1.29, 1.82) is 0 Å². The first kappa shape index (κ1) is 14.4. The van der Waals surface area contributed by atoms with Crippen molar-refractivity contribution in [2.75, 3.05) is 13.7 Å². The monoisotopic (exact) mass is 256 g/mol. The molecule has 1 amide bonds. The summed E-state index contributed by atoms with van der Waals surface area (Å²) in [6.07, 6.45) is -1.28. The molecule has 6 heteroatoms. The zero-order chi connectivity index (χ0) is 13.7. The highest BCUT2D eigenvalue weighted by Crippen LogP contribution is 2.21. The fourth-order valence-electron chi connectivity index (χ4n) is 1.48. The Hall–Kier alpha value is -1.66. The predicted molar refractivity (Wildman–Crippen MR) is 64.6 cm³/mol. The van der Waals surface area contributed by atoms with Gasteiger partial charge in [-0.05, 0) is 13.0 Å². The fraction of sp³-hybridized carbons (Fsp3) is 0.417. The van der Waals surface area contributed by atoms with Crippen molar-refractivity contribution < 1.29 is 19.0 Å². The molecule has 0 aliphatic rings. The summed E-state index contributed by atoms with van der Waals surface area (Å²) < 4.78 is 18.6. The van der Waals surface area contributed by atoms with Crippen molar-refractivity contribution in [3.63, 3.8) is 0 Å². The summed E-state index contributed by atoms with van der Waals surface area (Å²) in [5, 5.41) is 12.0. The Morgan fingerprint density at radius 1 is 1.61 bits per heavy atom. The van der Waals surface area contributed by atoms with Crippen molar-refractivity contribution in [2.45, 2.75) is 19.1 Å². The molecule has 0 saturated carbocycles. The molecule has 0 bridgehead atoms. The molecule has 0 heterocycles. The Labute approximate surface area is 105 Å². The molecule has 0 radical (unpaired) electrons. The maximum atomic E-state index is 13.7. The number of rotatable bonds is 6. The van der Waals surface area contributed by atoms with Crippen LogP contribution in [0.4, 0.5) is 4.39 Å². The molecule has 0 saturated heterocycles. The van der Waals surface area contributed by atoms with Crippen LogP contribution in [0.3, 0.4) is 0 Å². The molecule has 100 valence electrons. The molecular formula is C12H17FN2O3. The number of primary amides is 1. The Morgan fingerprint density at radius 3 is 2.78 bits per heavy atom. The first-order valence-corrected chi connectivity index (χ1v) is 5.50. The highest BCUT2D eigenvalue weighted by atomic mass is 19.1. The number of hydrogen-bond donors (Lipinski definition) is 3. The number of aliphatic hydroxyl groups excluding tert-OH is 1. The van der Waals surface area contributed by atoms with Crippen LogP contribution in [0.2, 0.25) is 0 Å². The van der Waals surface area contributed by atoms with Crippen molar-refractivity contribution in [3.05, 3.63) is 29.6 Å². The largest absolute Gasteiger partial charge is 0.497 e. The smallest absolute Gasteiger partial charge is 0.247 e. The lowest BCUT2D eigenvalue weighted by atomic mass is 10.1. The summed E-state index contributed by atoms with van der Waals surface area (Å²) in [6.45, 7) is 1.70. The first-order chi connectivity index (χ1) is 8.45. The van der Waals surface area contributed by atoms with E-state index in [-0.39, 0.29) is 12.6 Å². The molecule has 1 aromatic carbocycles. The standard InChI is InChI=1S/C12H17FN2O3/c1-7(15-6-11(16)12(14)17)9-4-3-8(18-2)5-10(9)13/h3-5,7,11,15-16H,6H2,1-2H3,(H2,14,17). The SMILES string of the molecule is COc1ccc(C(C)NCC(O)C(N)=O)c(F)c1. The van der Waals surface area contributed by atoms with Gasteiger partial charge in [0.05, 0.1) is 7.11 Å². The minimum Gasteiger partial charge on any atom is -0.497 e. The molecule has 4 N–H and O–H groups in total. The maximum absolute atomic E-state index is 13.7. The summed E-state index contributed by atoms with van der Waals surface area (Å²) in [7, 11) is 1.46. The number of nitrogens with one attached hydrogen (secondary N) is 1. The number of hydrogen-bond acceptors (Lipinski definition) is 4. The highest BCUT2D eigenvalue weighted by molar-refractivity contribution is 5.78. The number of amides is 1. The van der Waals surface area contributed by atoms with E-state index in [1.807, 2.05) is 0 Å². The van der Waals surface area contributed by atoms with Crippen molar-refractivity contribution in [3.8, 4) is 5.75 Å². The van der Waals surface area contributed by atoms with Crippen molar-refractivity contribution >= 4 is 5.91 Å². The first-order valence-electron chi connectivity index (χ1n) is 5.50. The maximum Gasteiger partial charge on any atom is 0.247 e. The topological polar surface area (TPSA) is 84.6 Å². The van der Waals surface area contributed by atoms with Crippen LogP contribution in [0.15, 0.2) is 18.2 Å². The van der Waals surface area contributed by atoms with Crippen LogP contribution in [0, 0.1) is 5.82 Å². The predicted octanol–water partition coefficient (Wildman–Crippen LogP) is 0.331. The zero-order valence-corrected chi connectivity index (χ0v) is 10.3. The van der Waals surface area contributed by atoms with E-state index < -0.39 is 17.8 Å². The minimum absolute atomic E-state index is 0.0258. The third-order valence-electron chi connectivity index (χ3n) is 2.62. The van der Waals surface area contributed by atoms with E-state index in [4.69, 9.17) is 10.5 Å². The Bertz CT molecular complexity index is 426. The van der Waals surface area contributed by atoms with E-state index in [1.165, 1.54) is 13.2 Å². The molecule has 1 rings (SSSR count). The van der Waals surface area contributed by atoms with Gasteiger partial charge in [-0.25, -0.2) is 4.39 Å². The Morgan fingerprint density at radius 2 is 2.28 bits per heavy atom. The van der Waals surface area contributed by atoms with Gasteiger partial charge in [-0.15, -0.1) is 0 Å². The third kappa shape index (κ3) is 3.68. The molecular weight excluding hydrogens is 239 g/mol. The second-order valence-electron chi connectivity index (χ2n) is 3.94. The van der Waals surface area contributed by atoms with Gasteiger partial charge in [-0.3, -0.25) is 4.79 Å². The number of nitrogens with two attached hydrogens (primary N) is 1. The second kappa shape index (κ2) is 6.32. The van der Waals surface area contributed by atoms with Crippen molar-refractivity contribution in [2.24, 2.45) is 5.73 Å². The molecule has 0 spiro atoms. The highest BCUT2D eigenvalue weighted by Gasteiger charge is 2.15. The van der Waals surface area contributed by atoms with Crippen molar-refractivity contribution in [1.82, 2.24) is 5.32 Å². The lowest BCUT2D eigenvalue weighted by molar-refractivity contribution is -0.125. The number of methoxy groups -OCH3 is 1. The lowest BCUT2D eigenvalue weighted by Gasteiger charge is -2.17. The van der Waals surface area contributed by atoms with Gasteiger partial charge in [0.25, 0.3) is 0 Å². The van der Waals surface area contributed by atoms with Crippen LogP contribution >= 0.6 is 0 Å². The minimum atomic E-state index is -1.28. The van der Waals surface area contributed by atoms with Gasteiger partial charge in [0.2, 0.25) is 5.91 Å². The van der Waals surface area contributed by atoms with E-state index in [0.29, 0.717) is 11.3 Å². The molecule has 5 nitrogen and oxygen atoms in total. The van der Waals surface area contributed by atoms with Crippen LogP contribution in [-0.2, 0) is 4.79 Å². The fourth-order valence-corrected chi connectivity index (χ4v) is 1.48. The summed E-state index contributed by atoms with van der Waals surface area (Å²) in [5.41, 5.74) is 5.33. The quantitative estimate of drug-likeness (QED) is 0.685. The van der Waals surface area contributed by atoms with Gasteiger partial charge in [-0.2, -0.15) is 0 Å². The Kier molecular flexibility index (Phi) is 5.06. The molecule has 0 aliphatic heterocycles. The molecule has 0 fully saturated rings. The second-order valence-corrected chi connectivity index (χ2v) is 3.94. The third-order valence-corrected chi connectivity index (χ3v) is 2.62. The average Bonchev–Trinajstić information content (AvgIpc) is 2.34. The summed E-state index contributed by atoms with van der Waals surface area (Å²) >= 11 is 0. The molecule has 0 aliphatic carbocycles. The summed E-state index contributed by atoms with van der Waals surface area (Å²) in [6, 6.07) is 4.15. The van der Waals surface area contributed by atoms with Crippen LogP contribution in [0.1, 0.15) is 18.5 Å². The van der Waals surface area contributed by atoms with Gasteiger partial charge in [0.1, 0.15) is 17.7 Å². The zero-order valence-electron chi connectivity index (χ0n) is 10.3. The normalized spacial score (nSPS) is 14.0. The van der Waals surface area contributed by atoms with Gasteiger partial charge < -0.3 is 20.9 Å². The molecule has 0 aromatic heterocycles. The number of carbonyl (C=O) groups excluding carboxylic acids is 1. The summed E-state index contributed by atoms with van der Waals surface area (Å²) in [4.78, 5) is 10.6. The van der Waals surface area contributed by atoms with E-state index in [0.717, 1.165) is 0 Å². The number of aliphatic hydroxyl groups is 1. The van der Waals surface area contributed by atoms with Crippen LogP contribution in [-0.4, -0.2) is 30.8 Å². The number of carbonyl (C=O) groups is 1. The van der Waals surface area contributed by atoms with Gasteiger partial charge in [0, 0.05) is 24.2 Å². The van der Waals surface area contributed by atoms with E-state index in [9.17, 15) is 14.3 Å². The van der Waals surface area contributed by atoms with Gasteiger partial charge in [-0.1, -0.05) is 6.07 Å². The number of benzene rings is 1. The van der Waals surface area contributed by atoms with E-state index >= 15 is 0 Å². The molecule has 2 unspecified atom stereocenters. The average molecular weight is 256 g/mol. The summed E-state index contributed by atoms with van der Waals surface area (Å²) in [5.74, 6) is -0.798. The number of halogens is 1. The molecule has 2 atom stereocenters. The van der Waals surface area contributed by atoms with E-state index in [1.54, 1.807) is 19.1 Å². The Balaban J connectivity index is 2.66.